The minimum absolute atomic E-state index is 0.634. The summed E-state index contributed by atoms with van der Waals surface area (Å²) in [6.45, 7) is 6.67. The number of fused-ring (bicyclic) bond motifs is 1. The third-order valence-electron chi connectivity index (χ3n) is 2.97. The van der Waals surface area contributed by atoms with Crippen LogP contribution in [-0.2, 0) is 0 Å². The largest absolute Gasteiger partial charge is 0.278 e. The number of nitrogens with zero attached hydrogens (tertiary/aromatic N) is 1. The van der Waals surface area contributed by atoms with Crippen molar-refractivity contribution in [1.82, 2.24) is 10.2 Å². The Balaban J connectivity index is 2.58. The maximum atomic E-state index is 4.04. The van der Waals surface area contributed by atoms with E-state index in [9.17, 15) is 0 Å². The predicted molar refractivity (Wildman–Crippen MR) is 59.5 cm³/mol. The highest BCUT2D eigenvalue weighted by atomic mass is 15.1. The lowest BCUT2D eigenvalue weighted by molar-refractivity contribution is 0.729. The van der Waals surface area contributed by atoms with E-state index >= 15 is 0 Å². The first-order valence-electron chi connectivity index (χ1n) is 5.16. The van der Waals surface area contributed by atoms with E-state index in [1.165, 1.54) is 22.9 Å². The van der Waals surface area contributed by atoms with Crippen molar-refractivity contribution >= 4 is 10.9 Å². The number of H-pyrrole nitrogens is 1. The van der Waals surface area contributed by atoms with Crippen LogP contribution in [0.15, 0.2) is 18.3 Å². The number of hydrogen-bond acceptors (Lipinski definition) is 1. The number of hydrogen-bond donors (Lipinski definition) is 1. The Hall–Kier alpha value is -1.31. The zero-order valence-electron chi connectivity index (χ0n) is 8.96. The predicted octanol–water partition coefficient (Wildman–Crippen LogP) is 3.38. The van der Waals surface area contributed by atoms with Crippen LogP contribution in [0.25, 0.3) is 10.9 Å². The molecule has 0 amide bonds. The molecule has 1 heterocycles. The fourth-order valence-electron chi connectivity index (χ4n) is 1.87. The number of aromatic amines is 1. The van der Waals surface area contributed by atoms with Crippen LogP contribution in [-0.4, -0.2) is 10.2 Å². The van der Waals surface area contributed by atoms with Crippen LogP contribution >= 0.6 is 0 Å². The van der Waals surface area contributed by atoms with Gasteiger partial charge in [0.15, 0.2) is 0 Å². The quantitative estimate of drug-likeness (QED) is 0.769. The Morgan fingerprint density at radius 1 is 1.43 bits per heavy atom. The van der Waals surface area contributed by atoms with E-state index < -0.39 is 0 Å². The highest BCUT2D eigenvalue weighted by Gasteiger charge is 2.08. The summed E-state index contributed by atoms with van der Waals surface area (Å²) in [5.74, 6) is 0.634. The molecule has 0 spiro atoms. The molecule has 14 heavy (non-hydrogen) atoms. The summed E-state index contributed by atoms with van der Waals surface area (Å²) in [5, 5.41) is 8.25. The third kappa shape index (κ3) is 1.41. The minimum atomic E-state index is 0.634. The fraction of sp³-hybridized carbons (Fsp3) is 0.417. The van der Waals surface area contributed by atoms with E-state index in [0.717, 1.165) is 5.52 Å². The molecule has 0 bridgehead atoms. The van der Waals surface area contributed by atoms with Crippen molar-refractivity contribution in [3.63, 3.8) is 0 Å². The van der Waals surface area contributed by atoms with Gasteiger partial charge >= 0.3 is 0 Å². The van der Waals surface area contributed by atoms with Crippen molar-refractivity contribution in [2.75, 3.05) is 0 Å². The molecule has 2 rings (SSSR count). The lowest BCUT2D eigenvalue weighted by Gasteiger charge is -2.12. The summed E-state index contributed by atoms with van der Waals surface area (Å²) in [6, 6.07) is 4.44. The van der Waals surface area contributed by atoms with Crippen molar-refractivity contribution in [3.05, 3.63) is 29.5 Å². The maximum Gasteiger partial charge on any atom is 0.0653 e. The summed E-state index contributed by atoms with van der Waals surface area (Å²) in [6.07, 6.45) is 3.07. The van der Waals surface area contributed by atoms with E-state index in [-0.39, 0.29) is 0 Å². The van der Waals surface area contributed by atoms with Crippen molar-refractivity contribution in [1.29, 1.82) is 0 Å². The molecule has 0 saturated carbocycles. The van der Waals surface area contributed by atoms with Gasteiger partial charge in [-0.2, -0.15) is 5.10 Å². The van der Waals surface area contributed by atoms with E-state index in [1.54, 1.807) is 0 Å². The van der Waals surface area contributed by atoms with Crippen molar-refractivity contribution in [2.45, 2.75) is 33.1 Å². The molecule has 1 aromatic heterocycles. The average Bonchev–Trinajstić information content (AvgIpc) is 2.62. The molecule has 0 aliphatic heterocycles. The number of rotatable bonds is 2. The lowest BCUT2D eigenvalue weighted by Crippen LogP contribution is -1.94. The molecular weight excluding hydrogens is 172 g/mol. The van der Waals surface area contributed by atoms with Gasteiger partial charge in [-0.1, -0.05) is 13.8 Å². The van der Waals surface area contributed by atoms with Crippen LogP contribution in [0.4, 0.5) is 0 Å². The summed E-state index contributed by atoms with van der Waals surface area (Å²) >= 11 is 0. The first-order valence-corrected chi connectivity index (χ1v) is 5.16. The Kier molecular flexibility index (Phi) is 2.28. The van der Waals surface area contributed by atoms with Crippen LogP contribution < -0.4 is 0 Å². The molecule has 74 valence electrons. The second kappa shape index (κ2) is 3.45. The zero-order valence-corrected chi connectivity index (χ0v) is 8.96. The van der Waals surface area contributed by atoms with Gasteiger partial charge in [0.2, 0.25) is 0 Å². The SMILES string of the molecule is CCC(C)c1cc2cn[nH]c2cc1C. The van der Waals surface area contributed by atoms with Gasteiger partial charge in [-0.3, -0.25) is 5.10 Å². The van der Waals surface area contributed by atoms with Crippen LogP contribution in [0.1, 0.15) is 37.3 Å². The van der Waals surface area contributed by atoms with Gasteiger partial charge in [0.25, 0.3) is 0 Å². The second-order valence-electron chi connectivity index (χ2n) is 3.98. The first-order chi connectivity index (χ1) is 6.72. The standard InChI is InChI=1S/C12H16N2/c1-4-8(2)11-6-10-7-13-14-12(10)5-9(11)3/h5-8H,4H2,1-3H3,(H,13,14). The monoisotopic (exact) mass is 188 g/mol. The molecule has 0 saturated heterocycles. The summed E-state index contributed by atoms with van der Waals surface area (Å²) in [7, 11) is 0. The smallest absolute Gasteiger partial charge is 0.0653 e. The number of aryl methyl sites for hydroxylation is 1. The summed E-state index contributed by atoms with van der Waals surface area (Å²) in [5.41, 5.74) is 3.94. The molecule has 2 aromatic rings. The topological polar surface area (TPSA) is 28.7 Å². The Morgan fingerprint density at radius 3 is 2.93 bits per heavy atom. The van der Waals surface area contributed by atoms with Gasteiger partial charge in [-0.25, -0.2) is 0 Å². The van der Waals surface area contributed by atoms with Gasteiger partial charge in [0.05, 0.1) is 11.7 Å². The Bertz CT molecular complexity index is 443. The minimum Gasteiger partial charge on any atom is -0.278 e. The van der Waals surface area contributed by atoms with Crippen LogP contribution in [0.2, 0.25) is 0 Å². The van der Waals surface area contributed by atoms with Gasteiger partial charge in [-0.05, 0) is 42.5 Å². The van der Waals surface area contributed by atoms with Crippen LogP contribution in [0, 0.1) is 6.92 Å². The molecule has 1 aromatic carbocycles. The molecule has 0 aliphatic rings. The van der Waals surface area contributed by atoms with Crippen molar-refractivity contribution in [3.8, 4) is 0 Å². The van der Waals surface area contributed by atoms with E-state index in [4.69, 9.17) is 0 Å². The Morgan fingerprint density at radius 2 is 2.21 bits per heavy atom. The van der Waals surface area contributed by atoms with Crippen LogP contribution in [0.3, 0.4) is 0 Å². The molecule has 0 aliphatic carbocycles. The van der Waals surface area contributed by atoms with Gasteiger partial charge < -0.3 is 0 Å². The van der Waals surface area contributed by atoms with Crippen LogP contribution in [0.5, 0.6) is 0 Å². The highest BCUT2D eigenvalue weighted by Crippen LogP contribution is 2.26. The third-order valence-corrected chi connectivity index (χ3v) is 2.97. The molecule has 2 nitrogen and oxygen atoms in total. The van der Waals surface area contributed by atoms with E-state index in [0.29, 0.717) is 5.92 Å². The van der Waals surface area contributed by atoms with Crippen molar-refractivity contribution < 1.29 is 0 Å². The Labute approximate surface area is 84.3 Å². The summed E-state index contributed by atoms with van der Waals surface area (Å²) < 4.78 is 0. The normalized spacial score (nSPS) is 13.4. The molecule has 0 fully saturated rings. The second-order valence-corrected chi connectivity index (χ2v) is 3.98. The van der Waals surface area contributed by atoms with E-state index in [2.05, 4.69) is 43.1 Å². The van der Waals surface area contributed by atoms with Gasteiger partial charge in [0.1, 0.15) is 0 Å². The summed E-state index contributed by atoms with van der Waals surface area (Å²) in [4.78, 5) is 0. The number of nitrogens with one attached hydrogen (secondary N) is 1. The molecule has 2 heteroatoms. The maximum absolute atomic E-state index is 4.04. The van der Waals surface area contributed by atoms with Gasteiger partial charge in [-0.15, -0.1) is 0 Å². The molecule has 1 atom stereocenters. The van der Waals surface area contributed by atoms with Crippen molar-refractivity contribution in [2.24, 2.45) is 0 Å². The van der Waals surface area contributed by atoms with E-state index in [1.807, 2.05) is 6.20 Å². The zero-order chi connectivity index (χ0) is 10.1. The molecule has 1 unspecified atom stereocenters. The number of aromatic nitrogens is 2. The highest BCUT2D eigenvalue weighted by molar-refractivity contribution is 5.79. The molecule has 1 N–H and O–H groups in total. The average molecular weight is 188 g/mol. The molecular formula is C12H16N2. The molecule has 0 radical (unpaired) electrons. The lowest BCUT2D eigenvalue weighted by atomic mass is 9.93. The first kappa shape index (κ1) is 9.25. The number of benzene rings is 1. The fourth-order valence-corrected chi connectivity index (χ4v) is 1.87. The van der Waals surface area contributed by atoms with Gasteiger partial charge in [0, 0.05) is 5.39 Å².